The summed E-state index contributed by atoms with van der Waals surface area (Å²) >= 11 is 13.4. The summed E-state index contributed by atoms with van der Waals surface area (Å²) in [5, 5.41) is 10.3. The molecule has 0 spiro atoms. The third kappa shape index (κ3) is 2.95. The molecule has 2 rings (SSSR count). The quantitative estimate of drug-likeness (QED) is 0.771. The van der Waals surface area contributed by atoms with E-state index in [-0.39, 0.29) is 0 Å². The maximum atomic E-state index is 9.04. The van der Waals surface area contributed by atoms with E-state index >= 15 is 0 Å². The molecule has 0 aromatic heterocycles. The van der Waals surface area contributed by atoms with E-state index in [1.54, 1.807) is 12.1 Å². The highest BCUT2D eigenvalue weighted by molar-refractivity contribution is 7.99. The van der Waals surface area contributed by atoms with Gasteiger partial charge in [0.05, 0.1) is 10.6 Å². The van der Waals surface area contributed by atoms with Crippen molar-refractivity contribution >= 4 is 35.0 Å². The molecule has 0 amide bonds. The van der Waals surface area contributed by atoms with Gasteiger partial charge in [-0.3, -0.25) is 0 Å². The molecule has 0 fully saturated rings. The van der Waals surface area contributed by atoms with Crippen molar-refractivity contribution in [1.29, 1.82) is 5.26 Å². The second-order valence-electron chi connectivity index (χ2n) is 3.28. The molecule has 4 heteroatoms. The van der Waals surface area contributed by atoms with E-state index in [2.05, 4.69) is 6.07 Å². The molecule has 0 aliphatic heterocycles. The molecular weight excluding hydrogens is 273 g/mol. The van der Waals surface area contributed by atoms with Gasteiger partial charge in [-0.1, -0.05) is 47.1 Å². The van der Waals surface area contributed by atoms with Crippen LogP contribution in [0.15, 0.2) is 52.3 Å². The van der Waals surface area contributed by atoms with E-state index in [9.17, 15) is 0 Å². The zero-order chi connectivity index (χ0) is 12.3. The maximum absolute atomic E-state index is 9.04. The van der Waals surface area contributed by atoms with Gasteiger partial charge in [-0.2, -0.15) is 5.26 Å². The second kappa shape index (κ2) is 5.46. The van der Waals surface area contributed by atoms with Crippen molar-refractivity contribution in [3.63, 3.8) is 0 Å². The Hall–Kier alpha value is -1.14. The number of halogens is 2. The number of benzene rings is 2. The van der Waals surface area contributed by atoms with Crippen LogP contribution in [0.25, 0.3) is 0 Å². The first kappa shape index (κ1) is 12.3. The van der Waals surface area contributed by atoms with Crippen molar-refractivity contribution < 1.29 is 0 Å². The summed E-state index contributed by atoms with van der Waals surface area (Å²) in [7, 11) is 0. The molecule has 0 saturated carbocycles. The lowest BCUT2D eigenvalue weighted by Gasteiger charge is -2.05. The zero-order valence-electron chi connectivity index (χ0n) is 8.65. The minimum Gasteiger partial charge on any atom is -0.192 e. The number of hydrogen-bond acceptors (Lipinski definition) is 2. The summed E-state index contributed by atoms with van der Waals surface area (Å²) < 4.78 is 0. The molecule has 84 valence electrons. The first-order valence-electron chi connectivity index (χ1n) is 4.83. The van der Waals surface area contributed by atoms with E-state index in [4.69, 9.17) is 28.5 Å². The number of rotatable bonds is 2. The number of nitrogens with zero attached hydrogens (tertiary/aromatic N) is 1. The second-order valence-corrected chi connectivity index (χ2v) is 5.21. The Morgan fingerprint density at radius 3 is 2.47 bits per heavy atom. The molecule has 0 saturated heterocycles. The summed E-state index contributed by atoms with van der Waals surface area (Å²) in [4.78, 5) is 1.78. The predicted octanol–water partition coefficient (Wildman–Crippen LogP) is 5.02. The molecule has 0 N–H and O–H groups in total. The van der Waals surface area contributed by atoms with Crippen LogP contribution in [0.5, 0.6) is 0 Å². The molecule has 0 unspecified atom stereocenters. The molecular formula is C13H7Cl2NS. The van der Waals surface area contributed by atoms with Crippen LogP contribution in [0.2, 0.25) is 10.0 Å². The fourth-order valence-electron chi connectivity index (χ4n) is 1.32. The van der Waals surface area contributed by atoms with Crippen molar-refractivity contribution in [2.75, 3.05) is 0 Å². The molecule has 0 atom stereocenters. The lowest BCUT2D eigenvalue weighted by atomic mass is 10.2. The molecule has 17 heavy (non-hydrogen) atoms. The van der Waals surface area contributed by atoms with Gasteiger partial charge in [0, 0.05) is 14.8 Å². The van der Waals surface area contributed by atoms with Crippen LogP contribution in [0, 0.1) is 11.3 Å². The van der Waals surface area contributed by atoms with Gasteiger partial charge in [0.2, 0.25) is 0 Å². The van der Waals surface area contributed by atoms with E-state index in [1.165, 1.54) is 11.8 Å². The lowest BCUT2D eigenvalue weighted by molar-refractivity contribution is 1.35. The third-order valence-electron chi connectivity index (χ3n) is 2.12. The molecule has 2 aromatic rings. The van der Waals surface area contributed by atoms with E-state index in [1.807, 2.05) is 30.3 Å². The highest BCUT2D eigenvalue weighted by Crippen LogP contribution is 2.35. The maximum Gasteiger partial charge on any atom is 0.100 e. The number of hydrogen-bond donors (Lipinski definition) is 0. The number of nitriles is 1. The SMILES string of the molecule is N#Cc1cc(Cl)ccc1Sc1ccccc1Cl. The fraction of sp³-hybridized carbons (Fsp3) is 0. The van der Waals surface area contributed by atoms with Crippen LogP contribution < -0.4 is 0 Å². The summed E-state index contributed by atoms with van der Waals surface area (Å²) in [6, 6.07) is 14.9. The molecule has 0 bridgehead atoms. The van der Waals surface area contributed by atoms with E-state index < -0.39 is 0 Å². The zero-order valence-corrected chi connectivity index (χ0v) is 11.0. The van der Waals surface area contributed by atoms with Crippen LogP contribution in [0.4, 0.5) is 0 Å². The Kier molecular flexibility index (Phi) is 3.96. The van der Waals surface area contributed by atoms with Gasteiger partial charge in [-0.15, -0.1) is 0 Å². The average molecular weight is 280 g/mol. The highest BCUT2D eigenvalue weighted by Gasteiger charge is 2.07. The largest absolute Gasteiger partial charge is 0.192 e. The van der Waals surface area contributed by atoms with Gasteiger partial charge < -0.3 is 0 Å². The van der Waals surface area contributed by atoms with Crippen LogP contribution in [0.1, 0.15) is 5.56 Å². The van der Waals surface area contributed by atoms with Crippen molar-refractivity contribution in [2.45, 2.75) is 9.79 Å². The van der Waals surface area contributed by atoms with E-state index in [0.29, 0.717) is 15.6 Å². The Balaban J connectivity index is 2.37. The molecule has 0 aliphatic carbocycles. The summed E-state index contributed by atoms with van der Waals surface area (Å²) in [6.07, 6.45) is 0. The Morgan fingerprint density at radius 2 is 1.76 bits per heavy atom. The minimum absolute atomic E-state index is 0.558. The van der Waals surface area contributed by atoms with Gasteiger partial charge in [-0.25, -0.2) is 0 Å². The van der Waals surface area contributed by atoms with E-state index in [0.717, 1.165) is 9.79 Å². The summed E-state index contributed by atoms with van der Waals surface area (Å²) in [5.74, 6) is 0. The van der Waals surface area contributed by atoms with Gasteiger partial charge in [-0.05, 0) is 30.3 Å². The van der Waals surface area contributed by atoms with Gasteiger partial charge in [0.1, 0.15) is 6.07 Å². The summed E-state index contributed by atoms with van der Waals surface area (Å²) in [6.45, 7) is 0. The van der Waals surface area contributed by atoms with Gasteiger partial charge >= 0.3 is 0 Å². The van der Waals surface area contributed by atoms with Crippen LogP contribution in [-0.4, -0.2) is 0 Å². The van der Waals surface area contributed by atoms with Crippen LogP contribution >= 0.6 is 35.0 Å². The predicted molar refractivity (Wildman–Crippen MR) is 71.7 cm³/mol. The molecule has 0 heterocycles. The topological polar surface area (TPSA) is 23.8 Å². The van der Waals surface area contributed by atoms with Crippen LogP contribution in [0.3, 0.4) is 0 Å². The Bertz CT molecular complexity index is 590. The fourth-order valence-corrected chi connectivity index (χ4v) is 2.65. The van der Waals surface area contributed by atoms with Gasteiger partial charge in [0.15, 0.2) is 0 Å². The molecule has 1 nitrogen and oxygen atoms in total. The standard InChI is InChI=1S/C13H7Cl2NS/c14-10-5-6-12(9(7-10)8-16)17-13-4-2-1-3-11(13)15/h1-7H. The molecule has 0 radical (unpaired) electrons. The minimum atomic E-state index is 0.558. The summed E-state index contributed by atoms with van der Waals surface area (Å²) in [5.41, 5.74) is 0.558. The van der Waals surface area contributed by atoms with Gasteiger partial charge in [0.25, 0.3) is 0 Å². The Labute approximate surface area is 114 Å². The van der Waals surface area contributed by atoms with Crippen molar-refractivity contribution in [3.8, 4) is 6.07 Å². The monoisotopic (exact) mass is 279 g/mol. The van der Waals surface area contributed by atoms with Crippen LogP contribution in [-0.2, 0) is 0 Å². The van der Waals surface area contributed by atoms with Crippen molar-refractivity contribution in [3.05, 3.63) is 58.1 Å². The highest BCUT2D eigenvalue weighted by atomic mass is 35.5. The lowest BCUT2D eigenvalue weighted by Crippen LogP contribution is -1.82. The molecule has 0 aliphatic rings. The van der Waals surface area contributed by atoms with Crippen molar-refractivity contribution in [2.24, 2.45) is 0 Å². The smallest absolute Gasteiger partial charge is 0.100 e. The van der Waals surface area contributed by atoms with Crippen molar-refractivity contribution in [1.82, 2.24) is 0 Å². The molecule has 2 aromatic carbocycles. The normalized spacial score (nSPS) is 9.94. The first-order chi connectivity index (χ1) is 8.20. The third-order valence-corrected chi connectivity index (χ3v) is 3.95. The average Bonchev–Trinajstić information content (AvgIpc) is 2.34. The first-order valence-corrected chi connectivity index (χ1v) is 6.40. The Morgan fingerprint density at radius 1 is 1.00 bits per heavy atom.